The van der Waals surface area contributed by atoms with E-state index in [-0.39, 0.29) is 17.9 Å². The number of likely N-dealkylation sites (tertiary alicyclic amines) is 1. The van der Waals surface area contributed by atoms with Crippen LogP contribution in [0.5, 0.6) is 5.75 Å². The second-order valence-corrected chi connectivity index (χ2v) is 8.46. The van der Waals surface area contributed by atoms with Crippen LogP contribution in [0.15, 0.2) is 66.7 Å². The van der Waals surface area contributed by atoms with Crippen LogP contribution in [0.25, 0.3) is 0 Å². The number of hydrogen-bond acceptors (Lipinski definition) is 4. The molecule has 0 saturated carbocycles. The topological polar surface area (TPSA) is 67.9 Å². The normalized spacial score (nSPS) is 28.1. The molecule has 1 spiro atoms. The number of benzene rings is 2. The molecule has 6 nitrogen and oxygen atoms in total. The van der Waals surface area contributed by atoms with Gasteiger partial charge in [0.2, 0.25) is 11.8 Å². The molecule has 31 heavy (non-hydrogen) atoms. The zero-order chi connectivity index (χ0) is 21.4. The highest BCUT2D eigenvalue weighted by Gasteiger charge is 2.66. The summed E-state index contributed by atoms with van der Waals surface area (Å²) in [6.07, 6.45) is 4.40. The van der Waals surface area contributed by atoms with Gasteiger partial charge in [-0.2, -0.15) is 0 Å². The average molecular weight is 418 g/mol. The van der Waals surface area contributed by atoms with E-state index in [1.54, 1.807) is 7.11 Å². The lowest BCUT2D eigenvalue weighted by Gasteiger charge is -2.23. The number of rotatable bonds is 7. The van der Waals surface area contributed by atoms with Crippen molar-refractivity contribution in [2.75, 3.05) is 20.2 Å². The fourth-order valence-corrected chi connectivity index (χ4v) is 5.03. The molecule has 0 aliphatic carbocycles. The molecule has 3 aliphatic rings. The predicted molar refractivity (Wildman–Crippen MR) is 115 cm³/mol. The molecule has 2 bridgehead atoms. The second kappa shape index (κ2) is 7.85. The SMILES string of the molecule is COc1ccc(CNC(=O)C2C3C(=O)N(CCc4ccccc4)C[C@@]34C=C[C@@H]2O4)cc1. The van der Waals surface area contributed by atoms with Gasteiger partial charge >= 0.3 is 0 Å². The van der Waals surface area contributed by atoms with Crippen LogP contribution in [0, 0.1) is 11.8 Å². The van der Waals surface area contributed by atoms with Gasteiger partial charge in [-0.1, -0.05) is 54.6 Å². The van der Waals surface area contributed by atoms with E-state index in [4.69, 9.17) is 9.47 Å². The molecule has 3 heterocycles. The van der Waals surface area contributed by atoms with Gasteiger partial charge in [0.25, 0.3) is 0 Å². The van der Waals surface area contributed by atoms with Gasteiger partial charge in [0.15, 0.2) is 0 Å². The Labute approximate surface area is 181 Å². The van der Waals surface area contributed by atoms with Crippen molar-refractivity contribution in [2.24, 2.45) is 11.8 Å². The Balaban J connectivity index is 1.25. The Hall–Kier alpha value is -3.12. The van der Waals surface area contributed by atoms with Crippen LogP contribution < -0.4 is 10.1 Å². The minimum atomic E-state index is -0.666. The summed E-state index contributed by atoms with van der Waals surface area (Å²) < 4.78 is 11.4. The number of hydrogen-bond donors (Lipinski definition) is 1. The van der Waals surface area contributed by atoms with Gasteiger partial charge in [-0.15, -0.1) is 0 Å². The summed E-state index contributed by atoms with van der Waals surface area (Å²) >= 11 is 0. The molecule has 5 rings (SSSR count). The Morgan fingerprint density at radius 3 is 2.68 bits per heavy atom. The summed E-state index contributed by atoms with van der Waals surface area (Å²) in [5.74, 6) is -0.273. The first-order chi connectivity index (χ1) is 15.1. The summed E-state index contributed by atoms with van der Waals surface area (Å²) in [6.45, 7) is 1.54. The van der Waals surface area contributed by atoms with Gasteiger partial charge < -0.3 is 19.7 Å². The monoisotopic (exact) mass is 418 g/mol. The van der Waals surface area contributed by atoms with Gasteiger partial charge in [0.1, 0.15) is 11.4 Å². The van der Waals surface area contributed by atoms with Gasteiger partial charge in [0, 0.05) is 13.1 Å². The maximum absolute atomic E-state index is 13.3. The van der Waals surface area contributed by atoms with Gasteiger partial charge in [-0.3, -0.25) is 9.59 Å². The third kappa shape index (κ3) is 3.51. The maximum atomic E-state index is 13.3. The van der Waals surface area contributed by atoms with E-state index < -0.39 is 17.4 Å². The standard InChI is InChI=1S/C25H26N2O4/c1-30-19-9-7-18(8-10-19)15-26-23(28)21-20-11-13-25(31-20)16-27(24(29)22(21)25)14-12-17-5-3-2-4-6-17/h2-11,13,20-22H,12,14-16H2,1H3,(H,26,28)/t20-,21?,22?,25-/m0/s1. The average Bonchev–Trinajstić information content (AvgIpc) is 3.45. The van der Waals surface area contributed by atoms with Gasteiger partial charge in [0.05, 0.1) is 31.6 Å². The first-order valence-corrected chi connectivity index (χ1v) is 10.7. The van der Waals surface area contributed by atoms with Crippen molar-refractivity contribution < 1.29 is 19.1 Å². The maximum Gasteiger partial charge on any atom is 0.230 e. The molecule has 0 aromatic heterocycles. The van der Waals surface area contributed by atoms with E-state index in [0.717, 1.165) is 17.7 Å². The van der Waals surface area contributed by atoms with Crippen LogP contribution in [-0.2, 0) is 27.3 Å². The highest BCUT2D eigenvalue weighted by atomic mass is 16.5. The zero-order valence-corrected chi connectivity index (χ0v) is 17.5. The summed E-state index contributed by atoms with van der Waals surface area (Å²) in [6, 6.07) is 17.7. The highest BCUT2D eigenvalue weighted by molar-refractivity contribution is 5.93. The number of nitrogens with zero attached hydrogens (tertiary/aromatic N) is 1. The molecule has 3 aliphatic heterocycles. The van der Waals surface area contributed by atoms with Crippen molar-refractivity contribution in [3.8, 4) is 5.75 Å². The summed E-state index contributed by atoms with van der Waals surface area (Å²) in [4.78, 5) is 28.2. The quantitative estimate of drug-likeness (QED) is 0.701. The molecule has 2 unspecified atom stereocenters. The lowest BCUT2D eigenvalue weighted by molar-refractivity contribution is -0.137. The molecule has 2 aromatic rings. The molecule has 1 N–H and O–H groups in total. The fraction of sp³-hybridized carbons (Fsp3) is 0.360. The minimum Gasteiger partial charge on any atom is -0.497 e. The number of amides is 2. The molecule has 2 aromatic carbocycles. The highest BCUT2D eigenvalue weighted by Crippen LogP contribution is 2.51. The lowest BCUT2D eigenvalue weighted by atomic mass is 9.77. The molecule has 4 atom stereocenters. The Morgan fingerprint density at radius 1 is 1.16 bits per heavy atom. The van der Waals surface area contributed by atoms with E-state index in [2.05, 4.69) is 17.4 Å². The number of carbonyl (C=O) groups excluding carboxylic acids is 2. The van der Waals surface area contributed by atoms with Crippen LogP contribution in [-0.4, -0.2) is 48.6 Å². The third-order valence-electron chi connectivity index (χ3n) is 6.62. The van der Waals surface area contributed by atoms with E-state index >= 15 is 0 Å². The van der Waals surface area contributed by atoms with Crippen molar-refractivity contribution in [2.45, 2.75) is 24.7 Å². The van der Waals surface area contributed by atoms with Crippen LogP contribution >= 0.6 is 0 Å². The van der Waals surface area contributed by atoms with Crippen LogP contribution in [0.1, 0.15) is 11.1 Å². The molecule has 6 heteroatoms. The van der Waals surface area contributed by atoms with Crippen molar-refractivity contribution in [1.82, 2.24) is 10.2 Å². The number of nitrogens with one attached hydrogen (secondary N) is 1. The molecule has 2 amide bonds. The third-order valence-corrected chi connectivity index (χ3v) is 6.62. The zero-order valence-electron chi connectivity index (χ0n) is 17.5. The summed E-state index contributed by atoms with van der Waals surface area (Å²) in [5, 5.41) is 3.00. The Kier molecular flexibility index (Phi) is 5.02. The molecular weight excluding hydrogens is 392 g/mol. The number of carbonyl (C=O) groups is 2. The Bertz CT molecular complexity index is 1000. The number of ether oxygens (including phenoxy) is 2. The van der Waals surface area contributed by atoms with E-state index in [0.29, 0.717) is 19.6 Å². The predicted octanol–water partition coefficient (Wildman–Crippen LogP) is 2.34. The van der Waals surface area contributed by atoms with Crippen molar-refractivity contribution in [3.63, 3.8) is 0 Å². The molecule has 0 radical (unpaired) electrons. The number of fused-ring (bicyclic) bond motifs is 1. The molecule has 2 fully saturated rings. The summed E-state index contributed by atoms with van der Waals surface area (Å²) in [7, 11) is 1.62. The summed E-state index contributed by atoms with van der Waals surface area (Å²) in [5.41, 5.74) is 1.51. The van der Waals surface area contributed by atoms with Crippen molar-refractivity contribution in [3.05, 3.63) is 77.9 Å². The van der Waals surface area contributed by atoms with Gasteiger partial charge in [-0.05, 0) is 29.7 Å². The number of methoxy groups -OCH3 is 1. The Morgan fingerprint density at radius 2 is 1.94 bits per heavy atom. The minimum absolute atomic E-state index is 0.0207. The van der Waals surface area contributed by atoms with E-state index in [1.165, 1.54) is 5.56 Å². The van der Waals surface area contributed by atoms with Crippen LogP contribution in [0.4, 0.5) is 0 Å². The van der Waals surface area contributed by atoms with Crippen molar-refractivity contribution in [1.29, 1.82) is 0 Å². The fourth-order valence-electron chi connectivity index (χ4n) is 5.03. The smallest absolute Gasteiger partial charge is 0.230 e. The van der Waals surface area contributed by atoms with E-state index in [1.807, 2.05) is 59.5 Å². The van der Waals surface area contributed by atoms with E-state index in [9.17, 15) is 9.59 Å². The molecular formula is C25H26N2O4. The van der Waals surface area contributed by atoms with Crippen LogP contribution in [0.2, 0.25) is 0 Å². The van der Waals surface area contributed by atoms with Crippen molar-refractivity contribution >= 4 is 11.8 Å². The molecule has 160 valence electrons. The lowest BCUT2D eigenvalue weighted by Crippen LogP contribution is -2.44. The van der Waals surface area contributed by atoms with Gasteiger partial charge in [-0.25, -0.2) is 0 Å². The largest absolute Gasteiger partial charge is 0.497 e. The first-order valence-electron chi connectivity index (χ1n) is 10.7. The molecule has 2 saturated heterocycles. The van der Waals surface area contributed by atoms with Crippen LogP contribution in [0.3, 0.4) is 0 Å². The second-order valence-electron chi connectivity index (χ2n) is 8.46. The first kappa shape index (κ1) is 19.8.